The van der Waals surface area contributed by atoms with Crippen LogP contribution in [0.25, 0.3) is 5.57 Å². The number of hydrogen-bond donors (Lipinski definition) is 0. The first-order valence-electron chi connectivity index (χ1n) is 8.73. The summed E-state index contributed by atoms with van der Waals surface area (Å²) in [6.07, 6.45) is 0. The largest absolute Gasteiger partial charge is 0.383 e. The predicted octanol–water partition coefficient (Wildman–Crippen LogP) is 3.28. The molecule has 148 valence electrons. The van der Waals surface area contributed by atoms with Crippen molar-refractivity contribution in [2.75, 3.05) is 45.4 Å². The third kappa shape index (κ3) is 4.12. The first kappa shape index (κ1) is 20.5. The van der Waals surface area contributed by atoms with E-state index >= 15 is 0 Å². The molecule has 1 aromatic heterocycles. The van der Waals surface area contributed by atoms with Crippen molar-refractivity contribution in [2.24, 2.45) is 0 Å². The Kier molecular flexibility index (Phi) is 6.85. The first-order chi connectivity index (χ1) is 13.6. The van der Waals surface area contributed by atoms with E-state index in [1.807, 2.05) is 22.4 Å². The summed E-state index contributed by atoms with van der Waals surface area (Å²) in [5, 5.41) is 2.34. The van der Waals surface area contributed by atoms with Crippen LogP contribution in [0.1, 0.15) is 4.88 Å². The van der Waals surface area contributed by atoms with Crippen molar-refractivity contribution >= 4 is 46.0 Å². The zero-order valence-electron chi connectivity index (χ0n) is 15.7. The molecule has 0 bridgehead atoms. The molecule has 0 unspecified atom stereocenters. The monoisotopic (exact) mass is 420 g/mol. The van der Waals surface area contributed by atoms with E-state index in [4.69, 9.17) is 21.1 Å². The molecule has 1 aliphatic rings. The van der Waals surface area contributed by atoms with E-state index in [0.717, 1.165) is 4.88 Å². The zero-order chi connectivity index (χ0) is 20.1. The minimum absolute atomic E-state index is 0.357. The lowest BCUT2D eigenvalue weighted by molar-refractivity contribution is -0.120. The van der Waals surface area contributed by atoms with Gasteiger partial charge in [0, 0.05) is 37.2 Å². The highest BCUT2D eigenvalue weighted by atomic mass is 35.5. The molecule has 0 fully saturated rings. The number of carbonyl (C=O) groups excluding carboxylic acids is 2. The number of anilines is 1. The average molecular weight is 421 g/mol. The van der Waals surface area contributed by atoms with Crippen molar-refractivity contribution in [3.05, 3.63) is 57.4 Å². The van der Waals surface area contributed by atoms with Crippen LogP contribution in [0.15, 0.2) is 47.5 Å². The fourth-order valence-electron chi connectivity index (χ4n) is 3.04. The van der Waals surface area contributed by atoms with Gasteiger partial charge in [-0.25, -0.2) is 4.90 Å². The van der Waals surface area contributed by atoms with E-state index in [2.05, 4.69) is 0 Å². The molecule has 0 radical (unpaired) electrons. The second kappa shape index (κ2) is 9.34. The van der Waals surface area contributed by atoms with Gasteiger partial charge in [-0.15, -0.1) is 11.3 Å². The second-order valence-corrected chi connectivity index (χ2v) is 7.48. The van der Waals surface area contributed by atoms with Gasteiger partial charge in [0.05, 0.1) is 24.5 Å². The van der Waals surface area contributed by atoms with Crippen LogP contribution in [0.2, 0.25) is 5.02 Å². The Balaban J connectivity index is 2.07. The van der Waals surface area contributed by atoms with E-state index in [1.165, 1.54) is 16.2 Å². The molecule has 0 atom stereocenters. The van der Waals surface area contributed by atoms with Gasteiger partial charge >= 0.3 is 0 Å². The number of methoxy groups -OCH3 is 2. The number of imide groups is 1. The number of thiophene rings is 1. The molecule has 6 nitrogen and oxygen atoms in total. The molecular formula is C20H21ClN2O4S. The summed E-state index contributed by atoms with van der Waals surface area (Å²) in [4.78, 5) is 30.5. The van der Waals surface area contributed by atoms with Gasteiger partial charge in [-0.1, -0.05) is 23.7 Å². The molecule has 8 heteroatoms. The van der Waals surface area contributed by atoms with Crippen molar-refractivity contribution in [1.82, 2.24) is 4.90 Å². The van der Waals surface area contributed by atoms with Crippen molar-refractivity contribution in [3.8, 4) is 0 Å². The molecule has 1 aromatic carbocycles. The van der Waals surface area contributed by atoms with E-state index in [9.17, 15) is 9.59 Å². The number of halogens is 1. The SMILES string of the molecule is COCCN(CCOC)C1=C(c2cccs2)C(=O)N(c2cccc(Cl)c2)C1=O. The third-order valence-electron chi connectivity index (χ3n) is 4.34. The summed E-state index contributed by atoms with van der Waals surface area (Å²) in [7, 11) is 3.20. The Morgan fingerprint density at radius 2 is 1.75 bits per heavy atom. The molecule has 2 aromatic rings. The van der Waals surface area contributed by atoms with Gasteiger partial charge in [0.25, 0.3) is 11.8 Å². The molecule has 1 aliphatic heterocycles. The van der Waals surface area contributed by atoms with Gasteiger partial charge < -0.3 is 14.4 Å². The van der Waals surface area contributed by atoms with Crippen LogP contribution in [0, 0.1) is 0 Å². The van der Waals surface area contributed by atoms with Gasteiger partial charge in [0.2, 0.25) is 0 Å². The van der Waals surface area contributed by atoms with Gasteiger partial charge in [0.15, 0.2) is 0 Å². The predicted molar refractivity (Wildman–Crippen MR) is 111 cm³/mol. The maximum absolute atomic E-state index is 13.4. The van der Waals surface area contributed by atoms with Crippen LogP contribution < -0.4 is 4.90 Å². The molecule has 0 aliphatic carbocycles. The molecule has 0 N–H and O–H groups in total. The minimum Gasteiger partial charge on any atom is -0.383 e. The van der Waals surface area contributed by atoms with E-state index in [0.29, 0.717) is 48.3 Å². The van der Waals surface area contributed by atoms with Gasteiger partial charge in [-0.2, -0.15) is 0 Å². The molecule has 28 heavy (non-hydrogen) atoms. The smallest absolute Gasteiger partial charge is 0.282 e. The Bertz CT molecular complexity index is 874. The maximum Gasteiger partial charge on any atom is 0.282 e. The van der Waals surface area contributed by atoms with Gasteiger partial charge in [0.1, 0.15) is 5.70 Å². The molecule has 0 saturated heterocycles. The number of hydrogen-bond acceptors (Lipinski definition) is 6. The van der Waals surface area contributed by atoms with E-state index < -0.39 is 0 Å². The molecule has 2 amide bonds. The average Bonchev–Trinajstić information content (AvgIpc) is 3.28. The zero-order valence-corrected chi connectivity index (χ0v) is 17.3. The highest BCUT2D eigenvalue weighted by Crippen LogP contribution is 2.36. The highest BCUT2D eigenvalue weighted by Gasteiger charge is 2.42. The lowest BCUT2D eigenvalue weighted by atomic mass is 10.1. The summed E-state index contributed by atoms with van der Waals surface area (Å²) >= 11 is 7.51. The maximum atomic E-state index is 13.4. The van der Waals surface area contributed by atoms with Crippen molar-refractivity contribution < 1.29 is 19.1 Å². The Morgan fingerprint density at radius 3 is 2.32 bits per heavy atom. The topological polar surface area (TPSA) is 59.1 Å². The van der Waals surface area contributed by atoms with Crippen LogP contribution in [0.4, 0.5) is 5.69 Å². The summed E-state index contributed by atoms with van der Waals surface area (Å²) in [6, 6.07) is 10.4. The lowest BCUT2D eigenvalue weighted by Crippen LogP contribution is -2.37. The summed E-state index contributed by atoms with van der Waals surface area (Å²) in [5.41, 5.74) is 1.21. The Morgan fingerprint density at radius 1 is 1.04 bits per heavy atom. The van der Waals surface area contributed by atoms with Crippen LogP contribution in [-0.2, 0) is 19.1 Å². The van der Waals surface area contributed by atoms with Crippen molar-refractivity contribution in [1.29, 1.82) is 0 Å². The first-order valence-corrected chi connectivity index (χ1v) is 9.99. The summed E-state index contributed by atoms with van der Waals surface area (Å²) in [5.74, 6) is -0.729. The van der Waals surface area contributed by atoms with Gasteiger partial charge in [-0.05, 0) is 29.6 Å². The number of ether oxygens (including phenoxy) is 2. The quantitative estimate of drug-likeness (QED) is 0.583. The van der Waals surface area contributed by atoms with Crippen molar-refractivity contribution in [3.63, 3.8) is 0 Å². The molecular weight excluding hydrogens is 400 g/mol. The lowest BCUT2D eigenvalue weighted by Gasteiger charge is -2.25. The number of rotatable bonds is 9. The number of carbonyl (C=O) groups is 2. The number of nitrogens with zero attached hydrogens (tertiary/aromatic N) is 2. The number of amides is 2. The normalized spacial score (nSPS) is 14.3. The van der Waals surface area contributed by atoms with Crippen LogP contribution in [0.5, 0.6) is 0 Å². The van der Waals surface area contributed by atoms with Crippen molar-refractivity contribution in [2.45, 2.75) is 0 Å². The second-order valence-electron chi connectivity index (χ2n) is 6.10. The Labute approximate surface area is 172 Å². The highest BCUT2D eigenvalue weighted by molar-refractivity contribution is 7.11. The molecule has 2 heterocycles. The van der Waals surface area contributed by atoms with Crippen LogP contribution >= 0.6 is 22.9 Å². The number of benzene rings is 1. The molecule has 0 spiro atoms. The van der Waals surface area contributed by atoms with Crippen LogP contribution in [-0.4, -0.2) is 57.2 Å². The Hall–Kier alpha value is -2.19. The van der Waals surface area contributed by atoms with Crippen LogP contribution in [0.3, 0.4) is 0 Å². The summed E-state index contributed by atoms with van der Waals surface area (Å²) < 4.78 is 10.4. The fourth-order valence-corrected chi connectivity index (χ4v) is 3.99. The third-order valence-corrected chi connectivity index (χ3v) is 5.46. The molecule has 0 saturated carbocycles. The minimum atomic E-state index is -0.372. The molecule has 3 rings (SSSR count). The van der Waals surface area contributed by atoms with E-state index in [1.54, 1.807) is 38.5 Å². The standard InChI is InChI=1S/C20H21ClN2O4S/c1-26-10-8-22(9-11-27-2)18-17(16-7-4-12-28-16)19(24)23(20(18)25)15-6-3-5-14(21)13-15/h3-7,12-13H,8-11H2,1-2H3. The van der Waals surface area contributed by atoms with Gasteiger partial charge in [-0.3, -0.25) is 9.59 Å². The summed E-state index contributed by atoms with van der Waals surface area (Å²) in [6.45, 7) is 1.77. The fraction of sp³-hybridized carbons (Fsp3) is 0.300. The van der Waals surface area contributed by atoms with E-state index in [-0.39, 0.29) is 11.8 Å².